The molecule has 0 spiro atoms. The Labute approximate surface area is 99.7 Å². The summed E-state index contributed by atoms with van der Waals surface area (Å²) in [4.78, 5) is 11.7. The first-order valence-corrected chi connectivity index (χ1v) is 5.45. The van der Waals surface area contributed by atoms with E-state index in [0.29, 0.717) is 12.5 Å². The van der Waals surface area contributed by atoms with Gasteiger partial charge in [-0.05, 0) is 30.5 Å². The van der Waals surface area contributed by atoms with Crippen molar-refractivity contribution in [3.8, 4) is 5.88 Å². The zero-order chi connectivity index (χ0) is 11.9. The first-order valence-electron chi connectivity index (χ1n) is 5.45. The second kappa shape index (κ2) is 5.79. The molecule has 0 saturated heterocycles. The number of nitrogen functional groups attached to an aromatic ring is 1. The Hall–Kier alpha value is -2.17. The molecule has 5 heteroatoms. The van der Waals surface area contributed by atoms with Crippen LogP contribution >= 0.6 is 0 Å². The topological polar surface area (TPSA) is 73.9 Å². The molecule has 0 aromatic carbocycles. The van der Waals surface area contributed by atoms with Crippen molar-refractivity contribution in [1.82, 2.24) is 15.0 Å². The summed E-state index contributed by atoms with van der Waals surface area (Å²) >= 11 is 0. The highest BCUT2D eigenvalue weighted by molar-refractivity contribution is 5.20. The Morgan fingerprint density at radius 3 is 2.71 bits per heavy atom. The van der Waals surface area contributed by atoms with Gasteiger partial charge in [-0.1, -0.05) is 0 Å². The largest absolute Gasteiger partial charge is 0.478 e. The van der Waals surface area contributed by atoms with Gasteiger partial charge in [0.25, 0.3) is 0 Å². The first kappa shape index (κ1) is 11.3. The second-order valence-electron chi connectivity index (χ2n) is 3.56. The van der Waals surface area contributed by atoms with Crippen LogP contribution in [-0.4, -0.2) is 21.6 Å². The van der Waals surface area contributed by atoms with Crippen molar-refractivity contribution >= 4 is 5.95 Å². The van der Waals surface area contributed by atoms with Crippen LogP contribution in [-0.2, 0) is 6.42 Å². The van der Waals surface area contributed by atoms with Gasteiger partial charge in [0.1, 0.15) is 0 Å². The maximum Gasteiger partial charge on any atom is 0.223 e. The summed E-state index contributed by atoms with van der Waals surface area (Å²) in [7, 11) is 0. The predicted octanol–water partition coefficient (Wildman–Crippen LogP) is 1.47. The van der Waals surface area contributed by atoms with Crippen molar-refractivity contribution in [2.45, 2.75) is 12.8 Å². The number of aryl methyl sites for hydroxylation is 1. The summed E-state index contributed by atoms with van der Waals surface area (Å²) in [6.07, 6.45) is 7.06. The van der Waals surface area contributed by atoms with Gasteiger partial charge in [0.05, 0.1) is 6.61 Å². The minimum absolute atomic E-state index is 0.233. The van der Waals surface area contributed by atoms with Crippen LogP contribution in [0.25, 0.3) is 0 Å². The monoisotopic (exact) mass is 230 g/mol. The fourth-order valence-corrected chi connectivity index (χ4v) is 1.44. The molecule has 0 amide bonds. The summed E-state index contributed by atoms with van der Waals surface area (Å²) in [5.74, 6) is 0.754. The van der Waals surface area contributed by atoms with Crippen LogP contribution in [0, 0.1) is 0 Å². The number of nitrogens with two attached hydrogens (primary N) is 1. The number of aromatic nitrogens is 3. The molecule has 0 unspecified atom stereocenters. The van der Waals surface area contributed by atoms with Gasteiger partial charge in [-0.3, -0.25) is 4.98 Å². The van der Waals surface area contributed by atoms with Crippen LogP contribution in [0.5, 0.6) is 5.88 Å². The van der Waals surface area contributed by atoms with Crippen molar-refractivity contribution in [2.75, 3.05) is 12.3 Å². The van der Waals surface area contributed by atoms with E-state index in [1.165, 1.54) is 5.56 Å². The van der Waals surface area contributed by atoms with Crippen LogP contribution < -0.4 is 10.5 Å². The van der Waals surface area contributed by atoms with E-state index in [4.69, 9.17) is 10.5 Å². The molecular formula is C12H14N4O. The van der Waals surface area contributed by atoms with Gasteiger partial charge in [0, 0.05) is 24.7 Å². The number of ether oxygens (including phenoxy) is 1. The Bertz CT molecular complexity index is 461. The van der Waals surface area contributed by atoms with E-state index in [-0.39, 0.29) is 5.95 Å². The Morgan fingerprint density at radius 1 is 1.12 bits per heavy atom. The molecular weight excluding hydrogens is 216 g/mol. The molecule has 2 aromatic rings. The number of hydrogen-bond donors (Lipinski definition) is 1. The van der Waals surface area contributed by atoms with Crippen molar-refractivity contribution in [1.29, 1.82) is 0 Å². The van der Waals surface area contributed by atoms with Crippen LogP contribution in [0.15, 0.2) is 36.8 Å². The quantitative estimate of drug-likeness (QED) is 0.787. The molecule has 0 fully saturated rings. The van der Waals surface area contributed by atoms with Crippen LogP contribution in [0.4, 0.5) is 5.95 Å². The van der Waals surface area contributed by atoms with Gasteiger partial charge in [0.15, 0.2) is 0 Å². The fourth-order valence-electron chi connectivity index (χ4n) is 1.44. The molecule has 0 aliphatic rings. The summed E-state index contributed by atoms with van der Waals surface area (Å²) in [6.45, 7) is 0.610. The third-order valence-electron chi connectivity index (χ3n) is 2.26. The number of anilines is 1. The molecule has 0 bridgehead atoms. The Balaban J connectivity index is 1.73. The van der Waals surface area contributed by atoms with E-state index >= 15 is 0 Å². The van der Waals surface area contributed by atoms with E-state index in [1.807, 2.05) is 12.1 Å². The molecule has 0 saturated carbocycles. The highest BCUT2D eigenvalue weighted by Crippen LogP contribution is 2.07. The van der Waals surface area contributed by atoms with Crippen molar-refractivity contribution < 1.29 is 4.74 Å². The zero-order valence-electron chi connectivity index (χ0n) is 9.41. The van der Waals surface area contributed by atoms with Crippen molar-refractivity contribution in [2.24, 2.45) is 0 Å². The summed E-state index contributed by atoms with van der Waals surface area (Å²) < 4.78 is 5.46. The molecule has 2 aromatic heterocycles. The minimum atomic E-state index is 0.233. The van der Waals surface area contributed by atoms with Crippen molar-refractivity contribution in [3.05, 3.63) is 42.4 Å². The third-order valence-corrected chi connectivity index (χ3v) is 2.26. The second-order valence-corrected chi connectivity index (χ2v) is 3.56. The predicted molar refractivity (Wildman–Crippen MR) is 64.5 cm³/mol. The first-order chi connectivity index (χ1) is 8.34. The van der Waals surface area contributed by atoms with Gasteiger partial charge in [-0.15, -0.1) is 0 Å². The smallest absolute Gasteiger partial charge is 0.223 e. The Kier molecular flexibility index (Phi) is 3.85. The molecule has 2 rings (SSSR count). The lowest BCUT2D eigenvalue weighted by molar-refractivity contribution is 0.299. The van der Waals surface area contributed by atoms with Crippen LogP contribution in [0.1, 0.15) is 12.0 Å². The van der Waals surface area contributed by atoms with Crippen LogP contribution in [0.2, 0.25) is 0 Å². The van der Waals surface area contributed by atoms with Crippen molar-refractivity contribution in [3.63, 3.8) is 0 Å². The average molecular weight is 230 g/mol. The number of nitrogens with zero attached hydrogens (tertiary/aromatic N) is 3. The molecule has 0 aliphatic heterocycles. The summed E-state index contributed by atoms with van der Waals surface area (Å²) in [6, 6.07) is 5.70. The van der Waals surface area contributed by atoms with E-state index in [9.17, 15) is 0 Å². The lowest BCUT2D eigenvalue weighted by Gasteiger charge is -2.05. The van der Waals surface area contributed by atoms with Crippen LogP contribution in [0.3, 0.4) is 0 Å². The highest BCUT2D eigenvalue weighted by Gasteiger charge is 1.97. The van der Waals surface area contributed by atoms with Gasteiger partial charge in [-0.25, -0.2) is 4.98 Å². The molecule has 2 N–H and O–H groups in total. The van der Waals surface area contributed by atoms with E-state index in [2.05, 4.69) is 15.0 Å². The molecule has 88 valence electrons. The molecule has 17 heavy (non-hydrogen) atoms. The molecule has 5 nitrogen and oxygen atoms in total. The standard InChI is InChI=1S/C12H14N4O/c13-12-15-8-5-11(16-12)17-9-1-2-10-3-6-14-7-4-10/h3-8H,1-2,9H2,(H2,13,15,16). The Morgan fingerprint density at radius 2 is 1.94 bits per heavy atom. The maximum absolute atomic E-state index is 5.46. The van der Waals surface area contributed by atoms with Gasteiger partial charge < -0.3 is 10.5 Å². The lowest BCUT2D eigenvalue weighted by atomic mass is 10.1. The number of hydrogen-bond acceptors (Lipinski definition) is 5. The third kappa shape index (κ3) is 3.71. The molecule has 0 radical (unpaired) electrons. The van der Waals surface area contributed by atoms with Gasteiger partial charge in [-0.2, -0.15) is 4.98 Å². The number of rotatable bonds is 5. The number of pyridine rings is 1. The minimum Gasteiger partial charge on any atom is -0.478 e. The average Bonchev–Trinajstić information content (AvgIpc) is 2.36. The zero-order valence-corrected chi connectivity index (χ0v) is 9.41. The summed E-state index contributed by atoms with van der Waals surface area (Å²) in [5.41, 5.74) is 6.70. The van der Waals surface area contributed by atoms with E-state index in [1.54, 1.807) is 24.7 Å². The fraction of sp³-hybridized carbons (Fsp3) is 0.250. The molecule has 2 heterocycles. The highest BCUT2D eigenvalue weighted by atomic mass is 16.5. The van der Waals surface area contributed by atoms with E-state index < -0.39 is 0 Å². The van der Waals surface area contributed by atoms with Gasteiger partial charge >= 0.3 is 0 Å². The van der Waals surface area contributed by atoms with E-state index in [0.717, 1.165) is 12.8 Å². The van der Waals surface area contributed by atoms with Gasteiger partial charge in [0.2, 0.25) is 11.8 Å². The normalized spacial score (nSPS) is 10.1. The maximum atomic E-state index is 5.46. The summed E-state index contributed by atoms with van der Waals surface area (Å²) in [5, 5.41) is 0. The SMILES string of the molecule is Nc1nccc(OCCCc2ccncc2)n1. The molecule has 0 aliphatic carbocycles. The lowest BCUT2D eigenvalue weighted by Crippen LogP contribution is -2.03. The molecule has 0 atom stereocenters.